The van der Waals surface area contributed by atoms with Crippen molar-refractivity contribution >= 4 is 71.6 Å². The summed E-state index contributed by atoms with van der Waals surface area (Å²) >= 11 is 0. The molecular formula is C58H38N2O. The number of anilines is 3. The average Bonchev–Trinajstić information content (AvgIpc) is 3.88. The fourth-order valence-electron chi connectivity index (χ4n) is 9.43. The second-order valence-electron chi connectivity index (χ2n) is 15.6. The summed E-state index contributed by atoms with van der Waals surface area (Å²) in [6.45, 7) is 0. The number of hydrogen-bond donors (Lipinski definition) is 0. The molecule has 12 rings (SSSR count). The fraction of sp³-hybridized carbons (Fsp3) is 0. The SMILES string of the molecule is c1ccc(-c2ccc(-c3cccc4ccccc34)c(N(c3ccccc3)c3ccc4c5ccccc5n(-c5ccccc5-c5cccc6c5oc5ccccc56)c4c3)c2)cc1. The third kappa shape index (κ3) is 5.74. The van der Waals surface area contributed by atoms with Crippen molar-refractivity contribution in [2.75, 3.05) is 4.90 Å². The zero-order valence-corrected chi connectivity index (χ0v) is 33.2. The van der Waals surface area contributed by atoms with Gasteiger partial charge in [-0.2, -0.15) is 0 Å². The molecular weight excluding hydrogens is 741 g/mol. The number of furan rings is 1. The Morgan fingerprint density at radius 3 is 1.87 bits per heavy atom. The van der Waals surface area contributed by atoms with Crippen LogP contribution in [0.25, 0.3) is 93.6 Å². The van der Waals surface area contributed by atoms with Crippen LogP contribution >= 0.6 is 0 Å². The number of rotatable bonds is 7. The van der Waals surface area contributed by atoms with Crippen molar-refractivity contribution in [1.82, 2.24) is 4.57 Å². The van der Waals surface area contributed by atoms with Gasteiger partial charge in [-0.25, -0.2) is 0 Å². The highest BCUT2D eigenvalue weighted by atomic mass is 16.3. The molecule has 0 saturated carbocycles. The highest BCUT2D eigenvalue weighted by Crippen LogP contribution is 2.47. The van der Waals surface area contributed by atoms with Gasteiger partial charge in [0.2, 0.25) is 0 Å². The van der Waals surface area contributed by atoms with Crippen molar-refractivity contribution in [3.05, 3.63) is 231 Å². The monoisotopic (exact) mass is 778 g/mol. The zero-order chi connectivity index (χ0) is 40.3. The number of hydrogen-bond acceptors (Lipinski definition) is 2. The molecule has 3 nitrogen and oxygen atoms in total. The van der Waals surface area contributed by atoms with Crippen molar-refractivity contribution < 1.29 is 4.42 Å². The molecule has 0 unspecified atom stereocenters. The van der Waals surface area contributed by atoms with E-state index >= 15 is 0 Å². The molecule has 2 heterocycles. The van der Waals surface area contributed by atoms with E-state index in [0.29, 0.717) is 0 Å². The van der Waals surface area contributed by atoms with Crippen LogP contribution in [0, 0.1) is 0 Å². The Bertz CT molecular complexity index is 3590. The van der Waals surface area contributed by atoms with Crippen LogP contribution in [0.15, 0.2) is 235 Å². The molecule has 0 aliphatic rings. The summed E-state index contributed by atoms with van der Waals surface area (Å²) in [5.41, 5.74) is 15.2. The molecule has 3 heteroatoms. The summed E-state index contributed by atoms with van der Waals surface area (Å²) in [5.74, 6) is 0. The lowest BCUT2D eigenvalue weighted by atomic mass is 9.93. The molecule has 12 aromatic rings. The number of aromatic nitrogens is 1. The van der Waals surface area contributed by atoms with Gasteiger partial charge >= 0.3 is 0 Å². The van der Waals surface area contributed by atoms with Gasteiger partial charge < -0.3 is 13.9 Å². The predicted molar refractivity (Wildman–Crippen MR) is 257 cm³/mol. The molecule has 0 bridgehead atoms. The lowest BCUT2D eigenvalue weighted by Crippen LogP contribution is -2.11. The Balaban J connectivity index is 1.13. The second-order valence-corrected chi connectivity index (χ2v) is 15.6. The Morgan fingerprint density at radius 2 is 0.984 bits per heavy atom. The van der Waals surface area contributed by atoms with Gasteiger partial charge in [0, 0.05) is 49.6 Å². The summed E-state index contributed by atoms with van der Waals surface area (Å²) in [6.07, 6.45) is 0. The van der Waals surface area contributed by atoms with E-state index in [9.17, 15) is 0 Å². The highest BCUT2D eigenvalue weighted by molar-refractivity contribution is 6.13. The van der Waals surface area contributed by atoms with Gasteiger partial charge in [0.25, 0.3) is 0 Å². The third-order valence-electron chi connectivity index (χ3n) is 12.2. The minimum Gasteiger partial charge on any atom is -0.455 e. The van der Waals surface area contributed by atoms with Crippen LogP contribution < -0.4 is 4.90 Å². The molecule has 0 saturated heterocycles. The minimum absolute atomic E-state index is 0.893. The normalized spacial score (nSPS) is 11.6. The summed E-state index contributed by atoms with van der Waals surface area (Å²) in [7, 11) is 0. The van der Waals surface area contributed by atoms with Crippen molar-refractivity contribution in [3.8, 4) is 39.1 Å². The van der Waals surface area contributed by atoms with E-state index in [2.05, 4.69) is 234 Å². The number of benzene rings is 10. The van der Waals surface area contributed by atoms with Gasteiger partial charge in [-0.1, -0.05) is 182 Å². The molecule has 2 aromatic heterocycles. The Morgan fingerprint density at radius 1 is 0.344 bits per heavy atom. The van der Waals surface area contributed by atoms with Crippen LogP contribution in [0.5, 0.6) is 0 Å². The molecule has 0 N–H and O–H groups in total. The van der Waals surface area contributed by atoms with Crippen molar-refractivity contribution in [3.63, 3.8) is 0 Å². The quantitative estimate of drug-likeness (QED) is 0.161. The van der Waals surface area contributed by atoms with Gasteiger partial charge in [-0.05, 0) is 76.0 Å². The molecule has 0 spiro atoms. The van der Waals surface area contributed by atoms with E-state index in [0.717, 1.165) is 78.0 Å². The van der Waals surface area contributed by atoms with Crippen LogP contribution in [-0.2, 0) is 0 Å². The van der Waals surface area contributed by atoms with Crippen LogP contribution in [0.1, 0.15) is 0 Å². The van der Waals surface area contributed by atoms with Crippen LogP contribution in [0.4, 0.5) is 17.1 Å². The first-order chi connectivity index (χ1) is 30.3. The van der Waals surface area contributed by atoms with Gasteiger partial charge in [-0.3, -0.25) is 0 Å². The summed E-state index contributed by atoms with van der Waals surface area (Å²) in [6, 6.07) is 83.0. The molecule has 0 aliphatic carbocycles. The number of para-hydroxylation sites is 5. The van der Waals surface area contributed by atoms with E-state index in [1.807, 2.05) is 6.07 Å². The lowest BCUT2D eigenvalue weighted by molar-refractivity contribution is 0.670. The maximum atomic E-state index is 6.63. The lowest BCUT2D eigenvalue weighted by Gasteiger charge is -2.29. The van der Waals surface area contributed by atoms with Crippen molar-refractivity contribution in [2.24, 2.45) is 0 Å². The maximum absolute atomic E-state index is 6.63. The first kappa shape index (κ1) is 34.9. The van der Waals surface area contributed by atoms with E-state index in [-0.39, 0.29) is 0 Å². The Kier molecular flexibility index (Phi) is 8.17. The topological polar surface area (TPSA) is 21.3 Å². The van der Waals surface area contributed by atoms with Gasteiger partial charge in [0.05, 0.1) is 22.4 Å². The summed E-state index contributed by atoms with van der Waals surface area (Å²) in [4.78, 5) is 2.44. The van der Waals surface area contributed by atoms with E-state index < -0.39 is 0 Å². The molecule has 0 aliphatic heterocycles. The van der Waals surface area contributed by atoms with Gasteiger partial charge in [0.15, 0.2) is 0 Å². The van der Waals surface area contributed by atoms with Crippen molar-refractivity contribution in [1.29, 1.82) is 0 Å². The molecule has 0 amide bonds. The molecule has 61 heavy (non-hydrogen) atoms. The second kappa shape index (κ2) is 14.3. The van der Waals surface area contributed by atoms with E-state index in [1.54, 1.807) is 0 Å². The standard InChI is InChI=1S/C58H38N2O/c1-3-17-39(18-4-1)41-33-35-48(45-27-15-20-40-19-7-8-23-44(40)45)55(37-41)59(42-21-5-2-6-22-42)43-34-36-49-46-24-9-12-30-53(46)60(56(49)38-43)54-31-13-10-25-47(54)51-28-16-29-52-50-26-11-14-32-57(50)61-58(51)52/h1-38H. The third-order valence-corrected chi connectivity index (χ3v) is 12.2. The molecule has 0 atom stereocenters. The van der Waals surface area contributed by atoms with E-state index in [4.69, 9.17) is 4.42 Å². The number of fused-ring (bicyclic) bond motifs is 7. The van der Waals surface area contributed by atoms with Crippen molar-refractivity contribution in [2.45, 2.75) is 0 Å². The molecule has 0 fully saturated rings. The number of nitrogens with zero attached hydrogens (tertiary/aromatic N) is 2. The highest BCUT2D eigenvalue weighted by Gasteiger charge is 2.23. The fourth-order valence-corrected chi connectivity index (χ4v) is 9.43. The Labute approximate surface area is 353 Å². The van der Waals surface area contributed by atoms with Crippen LogP contribution in [0.2, 0.25) is 0 Å². The van der Waals surface area contributed by atoms with Gasteiger partial charge in [-0.15, -0.1) is 0 Å². The van der Waals surface area contributed by atoms with Crippen LogP contribution in [-0.4, -0.2) is 4.57 Å². The smallest absolute Gasteiger partial charge is 0.143 e. The first-order valence-electron chi connectivity index (χ1n) is 20.8. The summed E-state index contributed by atoms with van der Waals surface area (Å²) in [5, 5.41) is 7.07. The summed E-state index contributed by atoms with van der Waals surface area (Å²) < 4.78 is 9.08. The first-order valence-corrected chi connectivity index (χ1v) is 20.8. The Hall–Kier alpha value is -8.14. The molecule has 10 aromatic carbocycles. The van der Waals surface area contributed by atoms with Gasteiger partial charge in [0.1, 0.15) is 11.2 Å². The zero-order valence-electron chi connectivity index (χ0n) is 33.2. The molecule has 286 valence electrons. The predicted octanol–water partition coefficient (Wildman–Crippen LogP) is 16.3. The average molecular weight is 779 g/mol. The minimum atomic E-state index is 0.893. The maximum Gasteiger partial charge on any atom is 0.143 e. The largest absolute Gasteiger partial charge is 0.455 e. The molecule has 0 radical (unpaired) electrons. The van der Waals surface area contributed by atoms with Crippen LogP contribution in [0.3, 0.4) is 0 Å². The van der Waals surface area contributed by atoms with E-state index in [1.165, 1.54) is 32.7 Å².